The molecule has 1 N–H and O–H groups in total. The predicted octanol–water partition coefficient (Wildman–Crippen LogP) is 0.556. The topological polar surface area (TPSA) is 72.0 Å². The maximum atomic E-state index is 11.6. The lowest BCUT2D eigenvalue weighted by molar-refractivity contribution is -0.118. The smallest absolute Gasteiger partial charge is 0.235 e. The second-order valence-corrected chi connectivity index (χ2v) is 3.25. The number of rotatable bonds is 0. The number of nitrogens with one attached hydrogen (secondary N) is 1. The van der Waals surface area contributed by atoms with Crippen molar-refractivity contribution in [2.45, 2.75) is 13.8 Å². The summed E-state index contributed by atoms with van der Waals surface area (Å²) in [7, 11) is 0. The monoisotopic (exact) mass is 191 g/mol. The number of hydrogen-bond donors (Lipinski definition) is 1. The van der Waals surface area contributed by atoms with E-state index in [4.69, 9.17) is 0 Å². The molecule has 0 saturated heterocycles. The Morgan fingerprint density at radius 1 is 1.43 bits per heavy atom. The number of amides is 1. The number of fused-ring (bicyclic) bond motifs is 1. The van der Waals surface area contributed by atoms with Crippen LogP contribution in [0.1, 0.15) is 23.2 Å². The standard InChI is InChI=1S/C9H9N3O2/c1-4-8(13)7-6(12-9(4)14)3-10-5(2)11-7/h3-4H,1-2H3,(H,12,14). The van der Waals surface area contributed by atoms with Crippen LogP contribution in [0.2, 0.25) is 0 Å². The van der Waals surface area contributed by atoms with E-state index in [2.05, 4.69) is 15.3 Å². The summed E-state index contributed by atoms with van der Waals surface area (Å²) in [5, 5.41) is 2.58. The highest BCUT2D eigenvalue weighted by molar-refractivity contribution is 6.19. The number of aromatic nitrogens is 2. The summed E-state index contributed by atoms with van der Waals surface area (Å²) in [6.07, 6.45) is 1.46. The van der Waals surface area contributed by atoms with Gasteiger partial charge in [-0.2, -0.15) is 0 Å². The number of anilines is 1. The zero-order valence-electron chi connectivity index (χ0n) is 7.87. The van der Waals surface area contributed by atoms with Crippen LogP contribution >= 0.6 is 0 Å². The van der Waals surface area contributed by atoms with Gasteiger partial charge in [-0.1, -0.05) is 0 Å². The molecule has 1 atom stereocenters. The Hall–Kier alpha value is -1.78. The van der Waals surface area contributed by atoms with Crippen molar-refractivity contribution in [3.63, 3.8) is 0 Å². The first-order chi connectivity index (χ1) is 6.59. The highest BCUT2D eigenvalue weighted by Gasteiger charge is 2.31. The zero-order valence-corrected chi connectivity index (χ0v) is 7.87. The molecule has 1 unspecified atom stereocenters. The van der Waals surface area contributed by atoms with Crippen LogP contribution in [0, 0.1) is 12.8 Å². The predicted molar refractivity (Wildman–Crippen MR) is 48.9 cm³/mol. The number of carbonyl (C=O) groups is 2. The SMILES string of the molecule is Cc1ncc2c(n1)C(=O)C(C)C(=O)N2. The third-order valence-corrected chi connectivity index (χ3v) is 2.19. The fraction of sp³-hybridized carbons (Fsp3) is 0.333. The molecule has 2 rings (SSSR count). The van der Waals surface area contributed by atoms with E-state index in [1.165, 1.54) is 6.20 Å². The summed E-state index contributed by atoms with van der Waals surface area (Å²) < 4.78 is 0. The molecule has 0 fully saturated rings. The van der Waals surface area contributed by atoms with Crippen LogP contribution in [0.4, 0.5) is 5.69 Å². The van der Waals surface area contributed by atoms with Gasteiger partial charge in [-0.25, -0.2) is 9.97 Å². The van der Waals surface area contributed by atoms with Crippen molar-refractivity contribution in [2.24, 2.45) is 5.92 Å². The Kier molecular flexibility index (Phi) is 1.80. The van der Waals surface area contributed by atoms with Crippen LogP contribution in [0.3, 0.4) is 0 Å². The molecule has 72 valence electrons. The maximum absolute atomic E-state index is 11.6. The maximum Gasteiger partial charge on any atom is 0.235 e. The molecule has 0 aromatic carbocycles. The first-order valence-electron chi connectivity index (χ1n) is 4.28. The number of ketones is 1. The first kappa shape index (κ1) is 8.80. The third kappa shape index (κ3) is 1.17. The molecule has 5 nitrogen and oxygen atoms in total. The second-order valence-electron chi connectivity index (χ2n) is 3.25. The number of nitrogens with zero attached hydrogens (tertiary/aromatic N) is 2. The summed E-state index contributed by atoms with van der Waals surface area (Å²) in [4.78, 5) is 30.8. The largest absolute Gasteiger partial charge is 0.322 e. The number of carbonyl (C=O) groups excluding carboxylic acids is 2. The number of hydrogen-bond acceptors (Lipinski definition) is 4. The van der Waals surface area contributed by atoms with Crippen LogP contribution in [0.5, 0.6) is 0 Å². The highest BCUT2D eigenvalue weighted by Crippen LogP contribution is 2.22. The van der Waals surface area contributed by atoms with E-state index in [-0.39, 0.29) is 11.7 Å². The molecule has 1 aliphatic rings. The van der Waals surface area contributed by atoms with E-state index in [1.807, 2.05) is 0 Å². The Balaban J connectivity index is 2.57. The van der Waals surface area contributed by atoms with E-state index in [1.54, 1.807) is 13.8 Å². The summed E-state index contributed by atoms with van der Waals surface area (Å²) in [6, 6.07) is 0. The Labute approximate surface area is 80.6 Å². The lowest BCUT2D eigenvalue weighted by Crippen LogP contribution is -2.34. The quantitative estimate of drug-likeness (QED) is 0.608. The van der Waals surface area contributed by atoms with Gasteiger partial charge in [-0.15, -0.1) is 0 Å². The van der Waals surface area contributed by atoms with Crippen molar-refractivity contribution in [1.82, 2.24) is 9.97 Å². The molecule has 0 spiro atoms. The van der Waals surface area contributed by atoms with Crippen LogP contribution < -0.4 is 5.32 Å². The van der Waals surface area contributed by atoms with Gasteiger partial charge in [0, 0.05) is 0 Å². The molecule has 1 amide bonds. The fourth-order valence-corrected chi connectivity index (χ4v) is 1.31. The lowest BCUT2D eigenvalue weighted by atomic mass is 9.98. The minimum atomic E-state index is -0.656. The van der Waals surface area contributed by atoms with Crippen LogP contribution in [-0.2, 0) is 4.79 Å². The average Bonchev–Trinajstić information content (AvgIpc) is 2.16. The van der Waals surface area contributed by atoms with Gasteiger partial charge in [0.2, 0.25) is 5.91 Å². The molecule has 2 heterocycles. The van der Waals surface area contributed by atoms with E-state index < -0.39 is 5.92 Å². The Morgan fingerprint density at radius 2 is 2.14 bits per heavy atom. The molecule has 0 aliphatic carbocycles. The normalized spacial score (nSPS) is 20.3. The van der Waals surface area contributed by atoms with Crippen LogP contribution in [0.25, 0.3) is 0 Å². The second kappa shape index (κ2) is 2.87. The summed E-state index contributed by atoms with van der Waals surface area (Å²) in [5.74, 6) is -0.665. The van der Waals surface area contributed by atoms with Crippen molar-refractivity contribution in [2.75, 3.05) is 5.32 Å². The molecule has 1 aromatic rings. The van der Waals surface area contributed by atoms with Crippen LogP contribution in [-0.4, -0.2) is 21.7 Å². The zero-order chi connectivity index (χ0) is 10.3. The van der Waals surface area contributed by atoms with Gasteiger partial charge in [0.1, 0.15) is 17.4 Å². The summed E-state index contributed by atoms with van der Waals surface area (Å²) in [5.41, 5.74) is 0.716. The third-order valence-electron chi connectivity index (χ3n) is 2.19. The molecule has 14 heavy (non-hydrogen) atoms. The molecule has 0 saturated carbocycles. The van der Waals surface area contributed by atoms with Crippen molar-refractivity contribution in [1.29, 1.82) is 0 Å². The van der Waals surface area contributed by atoms with Crippen molar-refractivity contribution >= 4 is 17.4 Å². The lowest BCUT2D eigenvalue weighted by Gasteiger charge is -2.19. The molecule has 1 aromatic heterocycles. The van der Waals surface area contributed by atoms with Crippen molar-refractivity contribution in [3.8, 4) is 0 Å². The van der Waals surface area contributed by atoms with Gasteiger partial charge in [-0.05, 0) is 13.8 Å². The molecule has 0 radical (unpaired) electrons. The van der Waals surface area contributed by atoms with E-state index in [9.17, 15) is 9.59 Å². The van der Waals surface area contributed by atoms with Gasteiger partial charge in [0.05, 0.1) is 11.9 Å². The van der Waals surface area contributed by atoms with Gasteiger partial charge in [-0.3, -0.25) is 9.59 Å². The van der Waals surface area contributed by atoms with Gasteiger partial charge < -0.3 is 5.32 Å². The Morgan fingerprint density at radius 3 is 2.86 bits per heavy atom. The van der Waals surface area contributed by atoms with Gasteiger partial charge in [0.15, 0.2) is 5.78 Å². The van der Waals surface area contributed by atoms with Crippen molar-refractivity contribution < 1.29 is 9.59 Å². The molecule has 5 heteroatoms. The number of aryl methyl sites for hydroxylation is 1. The molecular formula is C9H9N3O2. The number of Topliss-reactive ketones (excluding diaryl/α,β-unsaturated/α-hetero) is 1. The van der Waals surface area contributed by atoms with E-state index in [0.29, 0.717) is 17.2 Å². The summed E-state index contributed by atoms with van der Waals surface area (Å²) >= 11 is 0. The first-order valence-corrected chi connectivity index (χ1v) is 4.28. The molecule has 1 aliphatic heterocycles. The molecule has 0 bridgehead atoms. The van der Waals surface area contributed by atoms with Gasteiger partial charge >= 0.3 is 0 Å². The van der Waals surface area contributed by atoms with Crippen molar-refractivity contribution in [3.05, 3.63) is 17.7 Å². The minimum Gasteiger partial charge on any atom is -0.322 e. The minimum absolute atomic E-state index is 0.241. The molecular weight excluding hydrogens is 182 g/mol. The Bertz CT molecular complexity index is 428. The average molecular weight is 191 g/mol. The van der Waals surface area contributed by atoms with E-state index in [0.717, 1.165) is 0 Å². The van der Waals surface area contributed by atoms with Gasteiger partial charge in [0.25, 0.3) is 0 Å². The summed E-state index contributed by atoms with van der Waals surface area (Å²) in [6.45, 7) is 3.27. The van der Waals surface area contributed by atoms with Crippen LogP contribution in [0.15, 0.2) is 6.20 Å². The fourth-order valence-electron chi connectivity index (χ4n) is 1.31. The van der Waals surface area contributed by atoms with E-state index >= 15 is 0 Å². The highest BCUT2D eigenvalue weighted by atomic mass is 16.2.